The van der Waals surface area contributed by atoms with Crippen LogP contribution in [0.5, 0.6) is 0 Å². The molecule has 2 N–H and O–H groups in total. The van der Waals surface area contributed by atoms with Crippen LogP contribution < -0.4 is 5.32 Å². The highest BCUT2D eigenvalue weighted by atomic mass is 16.5. The molecule has 1 amide bonds. The van der Waals surface area contributed by atoms with Crippen molar-refractivity contribution in [2.24, 2.45) is 0 Å². The van der Waals surface area contributed by atoms with Crippen molar-refractivity contribution < 1.29 is 19.4 Å². The molecule has 2 rings (SSSR count). The molecular weight excluding hydrogens is 306 g/mol. The second kappa shape index (κ2) is 8.15. The number of carbonyl (C=O) groups is 2. The van der Waals surface area contributed by atoms with Crippen molar-refractivity contribution in [3.8, 4) is 0 Å². The Morgan fingerprint density at radius 2 is 1.83 bits per heavy atom. The van der Waals surface area contributed by atoms with E-state index in [1.807, 2.05) is 62.4 Å². The number of ether oxygens (including phenoxy) is 1. The SMILES string of the molecule is Cc1ccc(C[C@H](NC(=O)OCc2ccccc2)C(=O)O)c(C)c1. The second-order valence-electron chi connectivity index (χ2n) is 5.73. The molecule has 0 bridgehead atoms. The number of aryl methyl sites for hydroxylation is 2. The lowest BCUT2D eigenvalue weighted by molar-refractivity contribution is -0.139. The van der Waals surface area contributed by atoms with Crippen LogP contribution in [0.2, 0.25) is 0 Å². The maximum Gasteiger partial charge on any atom is 0.408 e. The van der Waals surface area contributed by atoms with Crippen LogP contribution in [0.1, 0.15) is 22.3 Å². The van der Waals surface area contributed by atoms with Gasteiger partial charge in [-0.05, 0) is 30.5 Å². The fraction of sp³-hybridized carbons (Fsp3) is 0.263. The molecule has 0 aliphatic rings. The largest absolute Gasteiger partial charge is 0.480 e. The molecule has 0 fully saturated rings. The van der Waals surface area contributed by atoms with Gasteiger partial charge in [-0.3, -0.25) is 0 Å². The minimum absolute atomic E-state index is 0.0998. The van der Waals surface area contributed by atoms with Gasteiger partial charge in [-0.1, -0.05) is 54.1 Å². The molecule has 5 nitrogen and oxygen atoms in total. The van der Waals surface area contributed by atoms with Crippen molar-refractivity contribution in [2.75, 3.05) is 0 Å². The predicted molar refractivity (Wildman–Crippen MR) is 90.8 cm³/mol. The summed E-state index contributed by atoms with van der Waals surface area (Å²) in [6, 6.07) is 14.0. The first-order chi connectivity index (χ1) is 11.5. The molecule has 1 atom stereocenters. The maximum atomic E-state index is 11.9. The average Bonchev–Trinajstić information content (AvgIpc) is 2.55. The van der Waals surface area contributed by atoms with Gasteiger partial charge in [0.1, 0.15) is 12.6 Å². The number of carboxylic acid groups (broad SMARTS) is 1. The van der Waals surface area contributed by atoms with Gasteiger partial charge in [0.2, 0.25) is 0 Å². The Bertz CT molecular complexity index is 713. The van der Waals surface area contributed by atoms with Gasteiger partial charge in [0.05, 0.1) is 0 Å². The molecule has 24 heavy (non-hydrogen) atoms. The minimum Gasteiger partial charge on any atom is -0.480 e. The Balaban J connectivity index is 1.95. The van der Waals surface area contributed by atoms with Crippen LogP contribution >= 0.6 is 0 Å². The summed E-state index contributed by atoms with van der Waals surface area (Å²) in [6.45, 7) is 4.00. The Morgan fingerprint density at radius 1 is 1.12 bits per heavy atom. The van der Waals surface area contributed by atoms with Crippen LogP contribution in [-0.2, 0) is 22.6 Å². The molecular formula is C19H21NO4. The van der Waals surface area contributed by atoms with Crippen LogP contribution in [0.4, 0.5) is 4.79 Å². The number of carboxylic acids is 1. The molecule has 0 aliphatic carbocycles. The number of aliphatic carboxylic acids is 1. The van der Waals surface area contributed by atoms with Crippen molar-refractivity contribution in [1.82, 2.24) is 5.32 Å². The zero-order valence-electron chi connectivity index (χ0n) is 13.8. The first kappa shape index (κ1) is 17.5. The smallest absolute Gasteiger partial charge is 0.408 e. The third-order valence-electron chi connectivity index (χ3n) is 3.73. The van der Waals surface area contributed by atoms with Crippen molar-refractivity contribution in [3.05, 3.63) is 70.8 Å². The molecule has 0 unspecified atom stereocenters. The number of rotatable bonds is 6. The summed E-state index contributed by atoms with van der Waals surface area (Å²) in [7, 11) is 0. The summed E-state index contributed by atoms with van der Waals surface area (Å²) < 4.78 is 5.08. The van der Waals surface area contributed by atoms with Gasteiger partial charge < -0.3 is 15.2 Å². The number of benzene rings is 2. The standard InChI is InChI=1S/C19H21NO4/c1-13-8-9-16(14(2)10-13)11-17(18(21)22)20-19(23)24-12-15-6-4-3-5-7-15/h3-10,17H,11-12H2,1-2H3,(H,20,23)(H,21,22)/t17-/m0/s1. The van der Waals surface area contributed by atoms with Gasteiger partial charge in [0.15, 0.2) is 0 Å². The van der Waals surface area contributed by atoms with Gasteiger partial charge in [0, 0.05) is 6.42 Å². The van der Waals surface area contributed by atoms with Crippen molar-refractivity contribution in [2.45, 2.75) is 32.9 Å². The first-order valence-corrected chi connectivity index (χ1v) is 7.72. The topological polar surface area (TPSA) is 75.6 Å². The van der Waals surface area contributed by atoms with Crippen molar-refractivity contribution in [3.63, 3.8) is 0 Å². The van der Waals surface area contributed by atoms with Crippen molar-refractivity contribution in [1.29, 1.82) is 0 Å². The van der Waals surface area contributed by atoms with E-state index in [-0.39, 0.29) is 13.0 Å². The molecule has 2 aromatic carbocycles. The molecule has 0 heterocycles. The maximum absolute atomic E-state index is 11.9. The van der Waals surface area contributed by atoms with Gasteiger partial charge in [-0.15, -0.1) is 0 Å². The molecule has 2 aromatic rings. The number of hydrogen-bond donors (Lipinski definition) is 2. The lowest BCUT2D eigenvalue weighted by Gasteiger charge is -2.16. The van der Waals surface area contributed by atoms with Crippen molar-refractivity contribution >= 4 is 12.1 Å². The van der Waals surface area contributed by atoms with E-state index >= 15 is 0 Å². The molecule has 0 aliphatic heterocycles. The zero-order chi connectivity index (χ0) is 17.5. The van der Waals surface area contributed by atoms with Crippen LogP contribution in [0, 0.1) is 13.8 Å². The number of alkyl carbamates (subject to hydrolysis) is 1. The molecule has 0 saturated heterocycles. The number of hydrogen-bond acceptors (Lipinski definition) is 3. The van der Waals surface area contributed by atoms with E-state index in [4.69, 9.17) is 4.74 Å². The van der Waals surface area contributed by atoms with E-state index in [1.54, 1.807) is 0 Å². The number of amides is 1. The third-order valence-corrected chi connectivity index (χ3v) is 3.73. The Labute approximate surface area is 141 Å². The zero-order valence-corrected chi connectivity index (χ0v) is 13.8. The fourth-order valence-electron chi connectivity index (χ4n) is 2.40. The van der Waals surface area contributed by atoms with Gasteiger partial charge in [-0.2, -0.15) is 0 Å². The second-order valence-corrected chi connectivity index (χ2v) is 5.73. The number of carbonyl (C=O) groups excluding carboxylic acids is 1. The highest BCUT2D eigenvalue weighted by molar-refractivity contribution is 5.80. The van der Waals surface area contributed by atoms with E-state index < -0.39 is 18.1 Å². The summed E-state index contributed by atoms with van der Waals surface area (Å²) >= 11 is 0. The fourth-order valence-corrected chi connectivity index (χ4v) is 2.40. The molecule has 0 saturated carbocycles. The third kappa shape index (κ3) is 5.12. The van der Waals surface area contributed by atoms with E-state index in [0.717, 1.165) is 22.3 Å². The molecule has 0 spiro atoms. The van der Waals surface area contributed by atoms with Gasteiger partial charge in [0.25, 0.3) is 0 Å². The summed E-state index contributed by atoms with van der Waals surface area (Å²) in [5.74, 6) is -1.09. The highest BCUT2D eigenvalue weighted by Gasteiger charge is 2.22. The van der Waals surface area contributed by atoms with E-state index in [1.165, 1.54) is 0 Å². The Hall–Kier alpha value is -2.82. The molecule has 0 radical (unpaired) electrons. The summed E-state index contributed by atoms with van der Waals surface area (Å²) in [4.78, 5) is 23.3. The van der Waals surface area contributed by atoms with E-state index in [0.29, 0.717) is 0 Å². The molecule has 0 aromatic heterocycles. The van der Waals surface area contributed by atoms with E-state index in [2.05, 4.69) is 5.32 Å². The Morgan fingerprint density at radius 3 is 2.46 bits per heavy atom. The molecule has 126 valence electrons. The highest BCUT2D eigenvalue weighted by Crippen LogP contribution is 2.13. The quantitative estimate of drug-likeness (QED) is 0.854. The lowest BCUT2D eigenvalue weighted by Crippen LogP contribution is -2.42. The summed E-state index contributed by atoms with van der Waals surface area (Å²) in [6.07, 6.45) is -0.530. The average molecular weight is 327 g/mol. The number of nitrogens with one attached hydrogen (secondary N) is 1. The predicted octanol–water partition coefficient (Wildman–Crippen LogP) is 3.23. The monoisotopic (exact) mass is 327 g/mol. The van der Waals surface area contributed by atoms with Crippen LogP contribution in [0.3, 0.4) is 0 Å². The Kier molecular flexibility index (Phi) is 5.95. The van der Waals surface area contributed by atoms with Gasteiger partial charge >= 0.3 is 12.1 Å². The lowest BCUT2D eigenvalue weighted by atomic mass is 9.99. The minimum atomic E-state index is -1.09. The first-order valence-electron chi connectivity index (χ1n) is 7.72. The van der Waals surface area contributed by atoms with E-state index in [9.17, 15) is 14.7 Å². The summed E-state index contributed by atoms with van der Waals surface area (Å²) in [5.41, 5.74) is 3.84. The van der Waals surface area contributed by atoms with Crippen LogP contribution in [-0.4, -0.2) is 23.2 Å². The van der Waals surface area contributed by atoms with Crippen LogP contribution in [0.15, 0.2) is 48.5 Å². The van der Waals surface area contributed by atoms with Crippen LogP contribution in [0.25, 0.3) is 0 Å². The molecule has 5 heteroatoms. The van der Waals surface area contributed by atoms with Gasteiger partial charge in [-0.25, -0.2) is 9.59 Å². The summed E-state index contributed by atoms with van der Waals surface area (Å²) in [5, 5.41) is 11.8. The normalized spacial score (nSPS) is 11.6.